The standard InChI is InChI=1S/C26H16Br4S7Si.C24H8I4O2S6/c1-7-5-9-15(31-7)11(27)17(33-9)18-13(29)19-22(35-18)23-24(36-19)26-21(37-23)14(30)25(38(26,3)4)20-12(28)16-10(34-20)6-8(2)32-16;1-5-3-7-15(31-5)9(25)13(29-7)17-11(27)19-21(33-17)23-24(35-19)22-20(36-23)12(28)18(34-22)14-10(26)16-8(30-14)4-6(2)32-16/h5-6,9,15H,1-4H3;3-4H,1-2H3. The molecule has 16 rings (SSSR count). The first-order valence-corrected chi connectivity index (χ1v) is 43.4. The Bertz CT molecular complexity index is 4630. The van der Waals surface area contributed by atoms with Crippen LogP contribution in [0.3, 0.4) is 0 Å². The quantitative estimate of drug-likeness (QED) is 0.130. The molecule has 3 aliphatic rings. The molecular formula is C50H24Br4I4O2S13Si. The molecule has 0 saturated heterocycles. The van der Waals surface area contributed by atoms with Crippen LogP contribution >= 0.6 is 302 Å². The largest absolute Gasteiger partial charge is 0.453 e. The maximum absolute atomic E-state index is 6.37. The number of fused-ring (bicyclic) bond motifs is 14. The zero-order valence-corrected chi connectivity index (χ0v) is 64.7. The second-order valence-corrected chi connectivity index (χ2v) is 44.8. The highest BCUT2D eigenvalue weighted by molar-refractivity contribution is 14.1. The molecule has 0 N–H and O–H groups in total. The Kier molecular flexibility index (Phi) is 13.7. The lowest BCUT2D eigenvalue weighted by Crippen LogP contribution is -2.40. The molecule has 0 aliphatic carbocycles. The highest BCUT2D eigenvalue weighted by Crippen LogP contribution is 2.63. The summed E-state index contributed by atoms with van der Waals surface area (Å²) in [6, 6.07) is 6.66. The lowest BCUT2D eigenvalue weighted by atomic mass is 10.2. The molecule has 0 bridgehead atoms. The molecule has 0 saturated carbocycles. The first kappa shape index (κ1) is 53.1. The summed E-state index contributed by atoms with van der Waals surface area (Å²) < 4.78 is 42.7. The van der Waals surface area contributed by atoms with Gasteiger partial charge in [-0.3, -0.25) is 0 Å². The van der Waals surface area contributed by atoms with Crippen molar-refractivity contribution >= 4 is 407 Å². The van der Waals surface area contributed by atoms with E-state index < -0.39 is 8.07 Å². The molecule has 3 aliphatic heterocycles. The minimum absolute atomic E-state index is 0.523. The molecule has 0 radical (unpaired) electrons. The van der Waals surface area contributed by atoms with E-state index in [0.29, 0.717) is 10.5 Å². The molecule has 74 heavy (non-hydrogen) atoms. The lowest BCUT2D eigenvalue weighted by molar-refractivity contribution is 0.631. The molecular weight excluding hydrogens is 1900 g/mol. The zero-order valence-electron chi connectivity index (χ0n) is 38.1. The maximum Gasteiger partial charge on any atom is 0.160 e. The molecule has 2 unspecified atom stereocenters. The summed E-state index contributed by atoms with van der Waals surface area (Å²) in [4.78, 5) is 13.6. The second-order valence-electron chi connectivity index (χ2n) is 18.4. The van der Waals surface area contributed by atoms with E-state index in [4.69, 9.17) is 8.83 Å². The van der Waals surface area contributed by atoms with Gasteiger partial charge in [0.05, 0.1) is 99.5 Å². The van der Waals surface area contributed by atoms with Gasteiger partial charge in [-0.2, -0.15) is 0 Å². The molecule has 13 aromatic rings. The van der Waals surface area contributed by atoms with Gasteiger partial charge in [-0.1, -0.05) is 35.1 Å². The van der Waals surface area contributed by atoms with Crippen molar-refractivity contribution in [2.45, 2.75) is 51.3 Å². The molecule has 0 amide bonds. The van der Waals surface area contributed by atoms with Gasteiger partial charge >= 0.3 is 0 Å². The highest BCUT2D eigenvalue weighted by Gasteiger charge is 2.46. The Hall–Kier alpha value is 2.32. The fourth-order valence-electron chi connectivity index (χ4n) is 10.1. The fraction of sp³-hybridized carbons (Fsp3) is 0.160. The molecule has 0 fully saturated rings. The van der Waals surface area contributed by atoms with Crippen molar-refractivity contribution in [1.82, 2.24) is 0 Å². The van der Waals surface area contributed by atoms with E-state index in [-0.39, 0.29) is 0 Å². The minimum atomic E-state index is -1.92. The maximum atomic E-state index is 6.37. The van der Waals surface area contributed by atoms with Gasteiger partial charge in [-0.15, -0.1) is 148 Å². The third kappa shape index (κ3) is 7.80. The van der Waals surface area contributed by atoms with Crippen LogP contribution in [0.5, 0.6) is 0 Å². The Labute approximate surface area is 564 Å². The van der Waals surface area contributed by atoms with Gasteiger partial charge in [0, 0.05) is 52.9 Å². The molecule has 2 nitrogen and oxygen atoms in total. The van der Waals surface area contributed by atoms with Gasteiger partial charge in [0.25, 0.3) is 0 Å². The topological polar surface area (TPSA) is 26.3 Å². The summed E-state index contributed by atoms with van der Waals surface area (Å²) in [5.74, 6) is 2.06. The lowest BCUT2D eigenvalue weighted by Gasteiger charge is -2.21. The first-order valence-electron chi connectivity index (χ1n) is 22.2. The summed E-state index contributed by atoms with van der Waals surface area (Å²) >= 11 is 51.3. The van der Waals surface area contributed by atoms with Crippen molar-refractivity contribution in [1.29, 1.82) is 0 Å². The van der Waals surface area contributed by atoms with Crippen molar-refractivity contribution in [2.24, 2.45) is 0 Å². The van der Waals surface area contributed by atoms with Crippen molar-refractivity contribution in [3.63, 3.8) is 0 Å². The molecule has 374 valence electrons. The van der Waals surface area contributed by atoms with Gasteiger partial charge < -0.3 is 8.83 Å². The van der Waals surface area contributed by atoms with E-state index >= 15 is 0 Å². The average molecular weight is 1930 g/mol. The smallest absolute Gasteiger partial charge is 0.160 e. The van der Waals surface area contributed by atoms with Crippen LogP contribution in [-0.2, 0) is 0 Å². The van der Waals surface area contributed by atoms with Gasteiger partial charge in [0.15, 0.2) is 11.5 Å². The number of rotatable bonds is 4. The number of thioether (sulfide) groups is 2. The number of hydrogen-bond donors (Lipinski definition) is 0. The second kappa shape index (κ2) is 19.2. The molecule has 0 aromatic carbocycles. The third-order valence-corrected chi connectivity index (χ3v) is 46.2. The number of halogens is 8. The van der Waals surface area contributed by atoms with E-state index in [1.54, 1.807) is 10.4 Å². The normalized spacial score (nSPS) is 17.8. The number of allylic oxidation sites excluding steroid dienone is 1. The van der Waals surface area contributed by atoms with Crippen LogP contribution in [-0.4, -0.2) is 18.6 Å². The number of thiophene rings is 11. The molecule has 16 heterocycles. The summed E-state index contributed by atoms with van der Waals surface area (Å²) in [7, 11) is -1.92. The van der Waals surface area contributed by atoms with Crippen LogP contribution in [0.4, 0.5) is 0 Å². The highest BCUT2D eigenvalue weighted by atomic mass is 127. The van der Waals surface area contributed by atoms with Crippen LogP contribution < -0.4 is 5.19 Å². The van der Waals surface area contributed by atoms with Gasteiger partial charge in [0.2, 0.25) is 0 Å². The average Bonchev–Trinajstić information content (AvgIpc) is 4.23. The molecule has 2 atom stereocenters. The van der Waals surface area contributed by atoms with Crippen LogP contribution in [0.15, 0.2) is 51.4 Å². The van der Waals surface area contributed by atoms with Crippen LogP contribution in [0, 0.1) is 35.1 Å². The summed E-state index contributed by atoms with van der Waals surface area (Å²) in [6.07, 6.45) is 2.44. The first-order chi connectivity index (χ1) is 35.4. The van der Waals surface area contributed by atoms with E-state index in [0.717, 1.165) is 22.7 Å². The Morgan fingerprint density at radius 1 is 0.473 bits per heavy atom. The van der Waals surface area contributed by atoms with Crippen LogP contribution in [0.1, 0.15) is 36.2 Å². The number of aryl methyl sites for hydroxylation is 3. The predicted octanol–water partition coefficient (Wildman–Crippen LogP) is 26.6. The summed E-state index contributed by atoms with van der Waals surface area (Å²) in [5.41, 5.74) is 2.02. The van der Waals surface area contributed by atoms with Crippen molar-refractivity contribution in [2.75, 3.05) is 0 Å². The Morgan fingerprint density at radius 2 is 0.959 bits per heavy atom. The number of hydrogen-bond acceptors (Lipinski definition) is 15. The molecule has 24 heteroatoms. The van der Waals surface area contributed by atoms with E-state index in [1.807, 2.05) is 148 Å². The van der Waals surface area contributed by atoms with Gasteiger partial charge in [-0.25, -0.2) is 0 Å². The Morgan fingerprint density at radius 3 is 1.53 bits per heavy atom. The van der Waals surface area contributed by atoms with Gasteiger partial charge in [-0.05, 0) is 199 Å². The fourth-order valence-corrected chi connectivity index (χ4v) is 44.0. The van der Waals surface area contributed by atoms with Gasteiger partial charge in [0.1, 0.15) is 19.2 Å². The van der Waals surface area contributed by atoms with E-state index in [9.17, 15) is 0 Å². The predicted molar refractivity (Wildman–Crippen MR) is 397 cm³/mol. The Balaban J connectivity index is 0.000000131. The van der Waals surface area contributed by atoms with Crippen LogP contribution in [0.2, 0.25) is 13.1 Å². The summed E-state index contributed by atoms with van der Waals surface area (Å²) in [5, 5.41) is 4.25. The summed E-state index contributed by atoms with van der Waals surface area (Å²) in [6.45, 7) is 13.8. The van der Waals surface area contributed by atoms with E-state index in [2.05, 4.69) is 219 Å². The number of furan rings is 2. The van der Waals surface area contributed by atoms with E-state index in [1.165, 1.54) is 147 Å². The monoisotopic (exact) mass is 1920 g/mol. The zero-order chi connectivity index (χ0) is 51.0. The third-order valence-electron chi connectivity index (χ3n) is 13.3. The van der Waals surface area contributed by atoms with Crippen molar-refractivity contribution < 1.29 is 8.83 Å². The van der Waals surface area contributed by atoms with Crippen molar-refractivity contribution in [3.05, 3.63) is 86.2 Å². The molecule has 13 aromatic heterocycles. The SMILES string of the molecule is CC1=CC2SC(c3sc4c(sc5c6c(sc54)C(Br)=C(c4sc5cc(C)sc5c4Br)[Si]6(C)C)c3Br)=C(Br)C2S1.Cc1cc2oc(-c3sc4c(sc5c6sc(-c7oc8cc(C)sc8c7I)c(I)c6sc45)c3I)c(I)c2s1. The van der Waals surface area contributed by atoms with Crippen molar-refractivity contribution in [3.8, 4) is 21.3 Å². The minimum Gasteiger partial charge on any atom is -0.453 e. The van der Waals surface area contributed by atoms with Crippen LogP contribution in [0.25, 0.3) is 113 Å². The molecule has 0 spiro atoms.